The molecule has 1 aromatic carbocycles. The van der Waals surface area contributed by atoms with E-state index in [4.69, 9.17) is 21.4 Å². The molecule has 0 atom stereocenters. The van der Waals surface area contributed by atoms with Crippen LogP contribution in [0.2, 0.25) is 5.02 Å². The fourth-order valence-corrected chi connectivity index (χ4v) is 3.02. The highest BCUT2D eigenvalue weighted by Gasteiger charge is 2.27. The molecule has 0 heterocycles. The van der Waals surface area contributed by atoms with Gasteiger partial charge < -0.3 is 9.84 Å². The van der Waals surface area contributed by atoms with Crippen LogP contribution in [0.1, 0.15) is 23.2 Å². The Labute approximate surface area is 121 Å². The minimum Gasteiger partial charge on any atom is -0.496 e. The van der Waals surface area contributed by atoms with Gasteiger partial charge in [0.05, 0.1) is 17.8 Å². The maximum Gasteiger partial charge on any atom is 0.339 e. The molecule has 0 unspecified atom stereocenters. The Morgan fingerprint density at radius 3 is 2.60 bits per heavy atom. The van der Waals surface area contributed by atoms with Crippen molar-refractivity contribution in [3.63, 3.8) is 0 Å². The normalized spacial score (nSPS) is 14.9. The molecule has 2 rings (SSSR count). The van der Waals surface area contributed by atoms with Gasteiger partial charge >= 0.3 is 5.97 Å². The Balaban J connectivity index is 2.29. The van der Waals surface area contributed by atoms with Crippen LogP contribution in [0.3, 0.4) is 0 Å². The number of hydrogen-bond acceptors (Lipinski definition) is 4. The number of hydrogen-bond donors (Lipinski definition) is 3. The first-order valence-corrected chi connectivity index (χ1v) is 7.59. The molecule has 3 N–H and O–H groups in total. The first-order valence-electron chi connectivity index (χ1n) is 5.73. The molecule has 110 valence electrons. The Morgan fingerprint density at radius 1 is 1.45 bits per heavy atom. The summed E-state index contributed by atoms with van der Waals surface area (Å²) < 4.78 is 33.2. The summed E-state index contributed by atoms with van der Waals surface area (Å²) in [5.74, 6) is -1.19. The zero-order valence-electron chi connectivity index (χ0n) is 10.5. The van der Waals surface area contributed by atoms with Crippen LogP contribution in [0.25, 0.3) is 0 Å². The van der Waals surface area contributed by atoms with Crippen molar-refractivity contribution in [2.24, 2.45) is 0 Å². The van der Waals surface area contributed by atoms with Crippen LogP contribution in [-0.2, 0) is 10.2 Å². The standard InChI is InChI=1S/C11H13ClN2O5S/c1-19-10-5-9(8(12)4-7(10)11(15)16)14-20(17,18)13-6-2-3-6/h4-6,13-14H,2-3H2,1H3,(H,15,16). The van der Waals surface area contributed by atoms with E-state index in [2.05, 4.69) is 9.44 Å². The maximum atomic E-state index is 11.8. The van der Waals surface area contributed by atoms with Gasteiger partial charge in [0.2, 0.25) is 0 Å². The number of benzene rings is 1. The van der Waals surface area contributed by atoms with Crippen LogP contribution in [0.15, 0.2) is 12.1 Å². The van der Waals surface area contributed by atoms with E-state index < -0.39 is 16.2 Å². The lowest BCUT2D eigenvalue weighted by Gasteiger charge is -2.13. The summed E-state index contributed by atoms with van der Waals surface area (Å²) in [5.41, 5.74) is -0.0859. The van der Waals surface area contributed by atoms with Gasteiger partial charge in [-0.3, -0.25) is 4.72 Å². The lowest BCUT2D eigenvalue weighted by Crippen LogP contribution is -2.31. The molecule has 1 fully saturated rings. The van der Waals surface area contributed by atoms with Crippen LogP contribution < -0.4 is 14.2 Å². The van der Waals surface area contributed by atoms with Gasteiger partial charge in [0.1, 0.15) is 11.3 Å². The summed E-state index contributed by atoms with van der Waals surface area (Å²) in [7, 11) is -2.45. The summed E-state index contributed by atoms with van der Waals surface area (Å²) in [6.07, 6.45) is 1.60. The Bertz CT molecular complexity index is 642. The van der Waals surface area contributed by atoms with E-state index in [0.29, 0.717) is 0 Å². The maximum absolute atomic E-state index is 11.8. The predicted molar refractivity (Wildman–Crippen MR) is 73.7 cm³/mol. The largest absolute Gasteiger partial charge is 0.496 e. The van der Waals surface area contributed by atoms with Crippen LogP contribution in [0.4, 0.5) is 5.69 Å². The van der Waals surface area contributed by atoms with Gasteiger partial charge in [0, 0.05) is 12.1 Å². The number of carboxylic acids is 1. The van der Waals surface area contributed by atoms with Crippen LogP contribution in [-0.4, -0.2) is 32.6 Å². The molecular weight excluding hydrogens is 308 g/mol. The molecule has 0 spiro atoms. The number of carbonyl (C=O) groups is 1. The number of nitrogens with one attached hydrogen (secondary N) is 2. The third kappa shape index (κ3) is 3.53. The van der Waals surface area contributed by atoms with Crippen molar-refractivity contribution in [3.8, 4) is 5.75 Å². The van der Waals surface area contributed by atoms with Gasteiger partial charge in [-0.25, -0.2) is 4.79 Å². The minimum atomic E-state index is -3.74. The van der Waals surface area contributed by atoms with E-state index in [1.54, 1.807) is 0 Å². The molecule has 1 saturated carbocycles. The minimum absolute atomic E-state index is 0.0195. The molecule has 20 heavy (non-hydrogen) atoms. The van der Waals surface area contributed by atoms with Gasteiger partial charge in [0.25, 0.3) is 10.2 Å². The van der Waals surface area contributed by atoms with Crippen molar-refractivity contribution in [1.29, 1.82) is 0 Å². The quantitative estimate of drug-likeness (QED) is 0.736. The van der Waals surface area contributed by atoms with Crippen LogP contribution in [0.5, 0.6) is 5.75 Å². The van der Waals surface area contributed by atoms with Crippen molar-refractivity contribution >= 4 is 33.5 Å². The average Bonchev–Trinajstić information content (AvgIpc) is 3.13. The highest BCUT2D eigenvalue weighted by Crippen LogP contribution is 2.31. The number of rotatable bonds is 6. The molecule has 1 aliphatic rings. The van der Waals surface area contributed by atoms with E-state index >= 15 is 0 Å². The molecule has 0 radical (unpaired) electrons. The van der Waals surface area contributed by atoms with Crippen molar-refractivity contribution in [2.75, 3.05) is 11.8 Å². The zero-order chi connectivity index (χ0) is 14.9. The number of halogens is 1. The number of anilines is 1. The average molecular weight is 321 g/mol. The summed E-state index contributed by atoms with van der Waals surface area (Å²) >= 11 is 5.89. The molecule has 1 aromatic rings. The molecule has 9 heteroatoms. The van der Waals surface area contributed by atoms with Gasteiger partial charge in [-0.05, 0) is 18.9 Å². The van der Waals surface area contributed by atoms with Gasteiger partial charge in [-0.2, -0.15) is 13.1 Å². The second kappa shape index (κ2) is 5.47. The summed E-state index contributed by atoms with van der Waals surface area (Å²) in [5, 5.41) is 8.96. The van der Waals surface area contributed by atoms with E-state index in [0.717, 1.165) is 18.9 Å². The Kier molecular flexibility index (Phi) is 4.07. The summed E-state index contributed by atoms with van der Waals surface area (Å²) in [6.45, 7) is 0. The van der Waals surface area contributed by atoms with Crippen molar-refractivity contribution in [3.05, 3.63) is 22.7 Å². The molecule has 1 aliphatic carbocycles. The van der Waals surface area contributed by atoms with Crippen molar-refractivity contribution in [1.82, 2.24) is 4.72 Å². The second-order valence-electron chi connectivity index (χ2n) is 4.34. The predicted octanol–water partition coefficient (Wildman–Crippen LogP) is 1.46. The molecule has 0 aliphatic heterocycles. The first-order chi connectivity index (χ1) is 9.32. The SMILES string of the molecule is COc1cc(NS(=O)(=O)NC2CC2)c(Cl)cc1C(=O)O. The highest BCUT2D eigenvalue weighted by molar-refractivity contribution is 7.90. The fourth-order valence-electron chi connectivity index (χ4n) is 1.56. The second-order valence-corrected chi connectivity index (χ2v) is 6.19. The lowest BCUT2D eigenvalue weighted by atomic mass is 10.2. The van der Waals surface area contributed by atoms with E-state index in [1.165, 1.54) is 13.2 Å². The molecular formula is C11H13ClN2O5S. The summed E-state index contributed by atoms with van der Waals surface area (Å²) in [6, 6.07) is 2.32. The van der Waals surface area contributed by atoms with E-state index in [-0.39, 0.29) is 28.1 Å². The van der Waals surface area contributed by atoms with Crippen molar-refractivity contribution in [2.45, 2.75) is 18.9 Å². The third-order valence-electron chi connectivity index (χ3n) is 2.66. The number of aromatic carboxylic acids is 1. The van der Waals surface area contributed by atoms with Crippen LogP contribution >= 0.6 is 11.6 Å². The fraction of sp³-hybridized carbons (Fsp3) is 0.364. The molecule has 0 amide bonds. The summed E-state index contributed by atoms with van der Waals surface area (Å²) in [4.78, 5) is 11.0. The lowest BCUT2D eigenvalue weighted by molar-refractivity contribution is 0.0693. The smallest absolute Gasteiger partial charge is 0.339 e. The first kappa shape index (κ1) is 14.9. The molecule has 0 bridgehead atoms. The van der Waals surface area contributed by atoms with E-state index in [9.17, 15) is 13.2 Å². The van der Waals surface area contributed by atoms with Crippen molar-refractivity contribution < 1.29 is 23.1 Å². The molecule has 0 aromatic heterocycles. The van der Waals surface area contributed by atoms with Gasteiger partial charge in [-0.1, -0.05) is 11.6 Å². The van der Waals surface area contributed by atoms with E-state index in [1.807, 2.05) is 0 Å². The van der Waals surface area contributed by atoms with Gasteiger partial charge in [-0.15, -0.1) is 0 Å². The zero-order valence-corrected chi connectivity index (χ0v) is 12.1. The molecule has 7 nitrogen and oxygen atoms in total. The number of ether oxygens (including phenoxy) is 1. The van der Waals surface area contributed by atoms with Gasteiger partial charge in [0.15, 0.2) is 0 Å². The topological polar surface area (TPSA) is 105 Å². The molecule has 0 saturated heterocycles. The number of methoxy groups -OCH3 is 1. The third-order valence-corrected chi connectivity index (χ3v) is 4.11. The Morgan fingerprint density at radius 2 is 2.10 bits per heavy atom. The Hall–Kier alpha value is -1.51. The van der Waals surface area contributed by atoms with Crippen LogP contribution in [0, 0.1) is 0 Å². The highest BCUT2D eigenvalue weighted by atomic mass is 35.5. The number of carboxylic acid groups (broad SMARTS) is 1. The monoisotopic (exact) mass is 320 g/mol.